The van der Waals surface area contributed by atoms with E-state index >= 15 is 0 Å². The van der Waals surface area contributed by atoms with Crippen LogP contribution in [0, 0.1) is 0 Å². The molecule has 1 aromatic carbocycles. The fourth-order valence-electron chi connectivity index (χ4n) is 4.08. The molecule has 28 heavy (non-hydrogen) atoms. The summed E-state index contributed by atoms with van der Waals surface area (Å²) in [5, 5.41) is 12.1. The zero-order chi connectivity index (χ0) is 18.9. The molecule has 0 radical (unpaired) electrons. The van der Waals surface area contributed by atoms with Crippen molar-refractivity contribution in [2.75, 3.05) is 18.0 Å². The Bertz CT molecular complexity index is 1010. The van der Waals surface area contributed by atoms with Crippen molar-refractivity contribution < 1.29 is 4.79 Å². The number of benzene rings is 1. The highest BCUT2D eigenvalue weighted by Gasteiger charge is 2.23. The second kappa shape index (κ2) is 7.43. The fourth-order valence-corrected chi connectivity index (χ4v) is 4.60. The molecule has 3 heterocycles. The van der Waals surface area contributed by atoms with Crippen LogP contribution in [-0.2, 0) is 12.8 Å². The maximum Gasteiger partial charge on any atom is 0.251 e. The van der Waals surface area contributed by atoms with Gasteiger partial charge in [-0.2, -0.15) is 13.8 Å². The average molecular weight is 395 g/mol. The molecule has 8 heteroatoms. The van der Waals surface area contributed by atoms with Crippen LogP contribution in [0.25, 0.3) is 11.0 Å². The number of nitrogens with one attached hydrogen (secondary N) is 1. The van der Waals surface area contributed by atoms with Crippen molar-refractivity contribution in [3.05, 3.63) is 41.1 Å². The maximum atomic E-state index is 12.6. The normalized spacial score (nSPS) is 17.5. The van der Waals surface area contributed by atoms with Crippen molar-refractivity contribution in [3.63, 3.8) is 0 Å². The molecule has 1 aliphatic carbocycles. The van der Waals surface area contributed by atoms with Gasteiger partial charge in [-0.05, 0) is 68.4 Å². The van der Waals surface area contributed by atoms with Gasteiger partial charge in [0.1, 0.15) is 11.0 Å². The highest BCUT2D eigenvalue weighted by molar-refractivity contribution is 7.00. The third-order valence-electron chi connectivity index (χ3n) is 5.73. The van der Waals surface area contributed by atoms with Crippen LogP contribution in [0.3, 0.4) is 0 Å². The van der Waals surface area contributed by atoms with Crippen LogP contribution in [0.2, 0.25) is 0 Å². The number of aryl methyl sites for hydroxylation is 2. The van der Waals surface area contributed by atoms with Crippen molar-refractivity contribution in [1.82, 2.24) is 24.3 Å². The quantitative estimate of drug-likeness (QED) is 0.735. The number of hydrogen-bond acceptors (Lipinski definition) is 7. The summed E-state index contributed by atoms with van der Waals surface area (Å²) >= 11 is 1.17. The summed E-state index contributed by atoms with van der Waals surface area (Å²) < 4.78 is 8.39. The average Bonchev–Trinajstić information content (AvgIpc) is 3.22. The van der Waals surface area contributed by atoms with E-state index in [0.29, 0.717) is 5.56 Å². The third kappa shape index (κ3) is 3.44. The number of piperidine rings is 1. The number of anilines is 1. The molecule has 0 spiro atoms. The maximum absolute atomic E-state index is 12.6. The lowest BCUT2D eigenvalue weighted by atomic mass is 9.96. The lowest BCUT2D eigenvalue weighted by Crippen LogP contribution is -2.45. The lowest BCUT2D eigenvalue weighted by Gasteiger charge is -2.33. The van der Waals surface area contributed by atoms with Crippen molar-refractivity contribution in [1.29, 1.82) is 0 Å². The van der Waals surface area contributed by atoms with E-state index in [2.05, 4.69) is 35.2 Å². The van der Waals surface area contributed by atoms with Crippen molar-refractivity contribution in [2.45, 2.75) is 44.6 Å². The van der Waals surface area contributed by atoms with Crippen LogP contribution in [0.4, 0.5) is 5.82 Å². The minimum atomic E-state index is -0.0399. The molecule has 1 saturated heterocycles. The highest BCUT2D eigenvalue weighted by Crippen LogP contribution is 2.24. The molecule has 144 valence electrons. The monoisotopic (exact) mass is 394 g/mol. The number of rotatable bonds is 3. The van der Waals surface area contributed by atoms with Crippen molar-refractivity contribution >= 4 is 34.5 Å². The molecule has 2 aliphatic rings. The Balaban J connectivity index is 1.20. The molecule has 1 amide bonds. The molecule has 3 aromatic rings. The lowest BCUT2D eigenvalue weighted by molar-refractivity contribution is 0.0931. The van der Waals surface area contributed by atoms with E-state index in [-0.39, 0.29) is 11.9 Å². The predicted molar refractivity (Wildman–Crippen MR) is 109 cm³/mol. The molecule has 0 bridgehead atoms. The predicted octanol–water partition coefficient (Wildman–Crippen LogP) is 2.76. The number of nitrogens with zero attached hydrogens (tertiary/aromatic N) is 5. The molecule has 0 saturated carbocycles. The minimum Gasteiger partial charge on any atom is -0.355 e. The van der Waals surface area contributed by atoms with Gasteiger partial charge in [0.15, 0.2) is 5.82 Å². The van der Waals surface area contributed by atoms with Crippen LogP contribution in [0.1, 0.15) is 47.3 Å². The van der Waals surface area contributed by atoms with Gasteiger partial charge in [-0.1, -0.05) is 0 Å². The number of aromatic nitrogens is 4. The van der Waals surface area contributed by atoms with Gasteiger partial charge in [0, 0.05) is 24.7 Å². The van der Waals surface area contributed by atoms with E-state index in [9.17, 15) is 4.79 Å². The Morgan fingerprint density at radius 2 is 1.86 bits per heavy atom. The van der Waals surface area contributed by atoms with E-state index in [1.165, 1.54) is 35.8 Å². The van der Waals surface area contributed by atoms with Gasteiger partial charge in [0.25, 0.3) is 5.91 Å². The fraction of sp³-hybridized carbons (Fsp3) is 0.450. The second-order valence-corrected chi connectivity index (χ2v) is 8.11. The first-order valence-electron chi connectivity index (χ1n) is 9.90. The Morgan fingerprint density at radius 3 is 2.75 bits per heavy atom. The molecule has 7 nitrogen and oxygen atoms in total. The first-order chi connectivity index (χ1) is 13.8. The number of carbonyl (C=O) groups is 1. The molecule has 2 aromatic heterocycles. The van der Waals surface area contributed by atoms with E-state index in [1.807, 2.05) is 18.2 Å². The molecular weight excluding hydrogens is 372 g/mol. The van der Waals surface area contributed by atoms with E-state index in [4.69, 9.17) is 0 Å². The minimum absolute atomic E-state index is 0.0399. The number of carbonyl (C=O) groups excluding carboxylic acids is 1. The highest BCUT2D eigenvalue weighted by atomic mass is 32.1. The molecule has 0 atom stereocenters. The Kier molecular flexibility index (Phi) is 4.64. The number of amides is 1. The second-order valence-electron chi connectivity index (χ2n) is 7.58. The summed E-state index contributed by atoms with van der Waals surface area (Å²) in [5.74, 6) is 0.939. The first kappa shape index (κ1) is 17.5. The number of hydrogen-bond donors (Lipinski definition) is 1. The van der Waals surface area contributed by atoms with Crippen molar-refractivity contribution in [2.24, 2.45) is 0 Å². The molecule has 1 fully saturated rings. The smallest absolute Gasteiger partial charge is 0.251 e. The van der Waals surface area contributed by atoms with Gasteiger partial charge in [0.2, 0.25) is 0 Å². The van der Waals surface area contributed by atoms with E-state index in [0.717, 1.165) is 55.6 Å². The Labute approximate surface area is 167 Å². The van der Waals surface area contributed by atoms with Gasteiger partial charge < -0.3 is 10.2 Å². The summed E-state index contributed by atoms with van der Waals surface area (Å²) in [6.45, 7) is 1.76. The summed E-state index contributed by atoms with van der Waals surface area (Å²) in [7, 11) is 0. The molecule has 1 N–H and O–H groups in total. The van der Waals surface area contributed by atoms with Crippen molar-refractivity contribution in [3.8, 4) is 0 Å². The standard InChI is InChI=1S/C20H22N6OS/c27-20(14-5-6-17-18(11-14)25-28-24-17)21-15-7-9-26(10-8-15)19-12-13-3-1-2-4-16(13)22-23-19/h5-6,11-12,15H,1-4,7-10H2,(H,21,27). The summed E-state index contributed by atoms with van der Waals surface area (Å²) in [5.41, 5.74) is 4.78. The Morgan fingerprint density at radius 1 is 1.04 bits per heavy atom. The molecule has 1 aliphatic heterocycles. The van der Waals surface area contributed by atoms with Gasteiger partial charge in [-0.25, -0.2) is 0 Å². The largest absolute Gasteiger partial charge is 0.355 e. The molecule has 0 unspecified atom stereocenters. The van der Waals surface area contributed by atoms with Gasteiger partial charge >= 0.3 is 0 Å². The third-order valence-corrected chi connectivity index (χ3v) is 6.28. The van der Waals surface area contributed by atoms with Crippen LogP contribution in [0.15, 0.2) is 24.3 Å². The zero-order valence-electron chi connectivity index (χ0n) is 15.6. The van der Waals surface area contributed by atoms with Gasteiger partial charge in [-0.3, -0.25) is 4.79 Å². The van der Waals surface area contributed by atoms with E-state index in [1.54, 1.807) is 0 Å². The van der Waals surface area contributed by atoms with Crippen LogP contribution >= 0.6 is 11.7 Å². The van der Waals surface area contributed by atoms with E-state index < -0.39 is 0 Å². The van der Waals surface area contributed by atoms with Crippen LogP contribution in [-0.4, -0.2) is 44.0 Å². The van der Waals surface area contributed by atoms with Crippen LogP contribution < -0.4 is 10.2 Å². The molecule has 5 rings (SSSR count). The molecular formula is C20H22N6OS. The Hall–Kier alpha value is -2.61. The summed E-state index contributed by atoms with van der Waals surface area (Å²) in [6, 6.07) is 7.88. The van der Waals surface area contributed by atoms with Crippen LogP contribution in [0.5, 0.6) is 0 Å². The topological polar surface area (TPSA) is 83.9 Å². The first-order valence-corrected chi connectivity index (χ1v) is 10.6. The number of fused-ring (bicyclic) bond motifs is 2. The van der Waals surface area contributed by atoms with Gasteiger partial charge in [-0.15, -0.1) is 5.10 Å². The summed E-state index contributed by atoms with van der Waals surface area (Å²) in [4.78, 5) is 14.9. The van der Waals surface area contributed by atoms with Gasteiger partial charge in [0.05, 0.1) is 17.4 Å². The summed E-state index contributed by atoms with van der Waals surface area (Å²) in [6.07, 6.45) is 6.45. The zero-order valence-corrected chi connectivity index (χ0v) is 16.4. The SMILES string of the molecule is O=C(NC1CCN(c2cc3c(nn2)CCCC3)CC1)c1ccc2nsnc2c1.